The molecule has 0 spiro atoms. The van der Waals surface area contributed by atoms with Crippen molar-refractivity contribution in [2.75, 3.05) is 0 Å². The van der Waals surface area contributed by atoms with E-state index in [4.69, 9.17) is 10.00 Å². The largest absolute Gasteiger partial charge is 0.444 e. The lowest BCUT2D eigenvalue weighted by Gasteiger charge is -2.47. The fourth-order valence-electron chi connectivity index (χ4n) is 3.10. The van der Waals surface area contributed by atoms with E-state index in [1.54, 1.807) is 0 Å². The monoisotopic (exact) mass is 250 g/mol. The van der Waals surface area contributed by atoms with Crippen LogP contribution in [0.25, 0.3) is 0 Å². The summed E-state index contributed by atoms with van der Waals surface area (Å²) >= 11 is 0. The molecule has 0 aliphatic carbocycles. The Hall–Kier alpha value is -1.24. The van der Waals surface area contributed by atoms with E-state index in [1.165, 1.54) is 0 Å². The molecular formula is C14H22N2O2. The minimum atomic E-state index is -0.447. The maximum absolute atomic E-state index is 12.2. The number of hydrogen-bond donors (Lipinski definition) is 0. The summed E-state index contributed by atoms with van der Waals surface area (Å²) in [5, 5.41) is 9.07. The summed E-state index contributed by atoms with van der Waals surface area (Å²) in [4.78, 5) is 14.1. The first-order valence-electron chi connectivity index (χ1n) is 6.81. The first-order chi connectivity index (χ1) is 8.40. The van der Waals surface area contributed by atoms with Crippen LogP contribution in [0.15, 0.2) is 0 Å². The number of carbonyl (C=O) groups excluding carboxylic acids is 1. The molecule has 1 unspecified atom stereocenters. The number of piperidine rings is 2. The van der Waals surface area contributed by atoms with Crippen LogP contribution in [0.4, 0.5) is 4.79 Å². The third-order valence-electron chi connectivity index (χ3n) is 3.76. The Balaban J connectivity index is 2.09. The summed E-state index contributed by atoms with van der Waals surface area (Å²) in [6.07, 6.45) is 4.60. The second-order valence-electron chi connectivity index (χ2n) is 6.42. The third kappa shape index (κ3) is 2.77. The van der Waals surface area contributed by atoms with Crippen LogP contribution in [0.1, 0.15) is 52.9 Å². The SMILES string of the molecule is CC(C)(C)OC(=O)N1[C@@H]2CCC[C@H]1CC(C#N)C2. The molecule has 2 rings (SSSR count). The van der Waals surface area contributed by atoms with Crippen molar-refractivity contribution in [1.29, 1.82) is 5.26 Å². The van der Waals surface area contributed by atoms with E-state index in [9.17, 15) is 4.79 Å². The van der Waals surface area contributed by atoms with Crippen LogP contribution < -0.4 is 0 Å². The van der Waals surface area contributed by atoms with Gasteiger partial charge in [0, 0.05) is 12.1 Å². The zero-order valence-corrected chi connectivity index (χ0v) is 11.5. The van der Waals surface area contributed by atoms with Gasteiger partial charge >= 0.3 is 6.09 Å². The summed E-state index contributed by atoms with van der Waals surface area (Å²) in [6, 6.07) is 2.77. The van der Waals surface area contributed by atoms with Crippen molar-refractivity contribution in [3.63, 3.8) is 0 Å². The van der Waals surface area contributed by atoms with Crippen molar-refractivity contribution >= 4 is 6.09 Å². The van der Waals surface area contributed by atoms with E-state index >= 15 is 0 Å². The van der Waals surface area contributed by atoms with Crippen molar-refractivity contribution in [3.8, 4) is 6.07 Å². The van der Waals surface area contributed by atoms with E-state index in [1.807, 2.05) is 25.7 Å². The number of carbonyl (C=O) groups is 1. The molecule has 4 heteroatoms. The molecule has 0 aromatic rings. The summed E-state index contributed by atoms with van der Waals surface area (Å²) in [5.41, 5.74) is -0.447. The first kappa shape index (κ1) is 13.2. The molecule has 2 aliphatic heterocycles. The molecule has 100 valence electrons. The number of rotatable bonds is 0. The molecule has 1 amide bonds. The number of ether oxygens (including phenoxy) is 1. The normalized spacial score (nSPS) is 31.7. The molecule has 0 N–H and O–H groups in total. The van der Waals surface area contributed by atoms with Gasteiger partial charge in [-0.25, -0.2) is 4.79 Å². The number of nitriles is 1. The Bertz CT molecular complexity index is 353. The fraction of sp³-hybridized carbons (Fsp3) is 0.857. The predicted molar refractivity (Wildman–Crippen MR) is 67.8 cm³/mol. The van der Waals surface area contributed by atoms with E-state index in [0.717, 1.165) is 32.1 Å². The third-order valence-corrected chi connectivity index (χ3v) is 3.76. The maximum Gasteiger partial charge on any atom is 0.410 e. The summed E-state index contributed by atoms with van der Waals surface area (Å²) < 4.78 is 5.49. The van der Waals surface area contributed by atoms with Gasteiger partial charge in [0.05, 0.1) is 12.0 Å². The Morgan fingerprint density at radius 1 is 1.28 bits per heavy atom. The zero-order valence-electron chi connectivity index (χ0n) is 11.5. The molecular weight excluding hydrogens is 228 g/mol. The highest BCUT2D eigenvalue weighted by Crippen LogP contribution is 2.37. The smallest absolute Gasteiger partial charge is 0.410 e. The lowest BCUT2D eigenvalue weighted by molar-refractivity contribution is -0.0234. The van der Waals surface area contributed by atoms with Gasteiger partial charge in [-0.2, -0.15) is 5.26 Å². The predicted octanol–water partition coefficient (Wildman–Crippen LogP) is 3.08. The van der Waals surface area contributed by atoms with Crippen molar-refractivity contribution in [2.45, 2.75) is 70.6 Å². The molecule has 2 aliphatic rings. The van der Waals surface area contributed by atoms with Gasteiger partial charge in [-0.1, -0.05) is 0 Å². The minimum absolute atomic E-state index is 0.110. The van der Waals surface area contributed by atoms with E-state index < -0.39 is 5.60 Å². The molecule has 0 aromatic carbocycles. The maximum atomic E-state index is 12.2. The standard InChI is InChI=1S/C14H22N2O2/c1-14(2,3)18-13(17)16-11-5-4-6-12(16)8-10(7-11)9-15/h10-12H,4-8H2,1-3H3/t10?,11-,12+. The molecule has 2 saturated heterocycles. The van der Waals surface area contributed by atoms with Crippen molar-refractivity contribution in [1.82, 2.24) is 4.90 Å². The minimum Gasteiger partial charge on any atom is -0.444 e. The molecule has 0 radical (unpaired) electrons. The molecule has 18 heavy (non-hydrogen) atoms. The van der Waals surface area contributed by atoms with E-state index in [-0.39, 0.29) is 24.1 Å². The van der Waals surface area contributed by atoms with Crippen LogP contribution in [0.3, 0.4) is 0 Å². The lowest BCUT2D eigenvalue weighted by Crippen LogP contribution is -2.55. The summed E-state index contributed by atoms with van der Waals surface area (Å²) in [7, 11) is 0. The van der Waals surface area contributed by atoms with Gasteiger partial charge in [-0.15, -0.1) is 0 Å². The van der Waals surface area contributed by atoms with Gasteiger partial charge in [0.25, 0.3) is 0 Å². The lowest BCUT2D eigenvalue weighted by atomic mass is 9.79. The Morgan fingerprint density at radius 2 is 1.83 bits per heavy atom. The number of nitrogens with zero attached hydrogens (tertiary/aromatic N) is 2. The van der Waals surface area contributed by atoms with Crippen molar-refractivity contribution in [3.05, 3.63) is 0 Å². The van der Waals surface area contributed by atoms with Gasteiger partial charge < -0.3 is 9.64 Å². The van der Waals surface area contributed by atoms with Crippen LogP contribution in [-0.4, -0.2) is 28.7 Å². The average Bonchev–Trinajstić information content (AvgIpc) is 2.24. The highest BCUT2D eigenvalue weighted by molar-refractivity contribution is 5.69. The van der Waals surface area contributed by atoms with Crippen LogP contribution in [0.5, 0.6) is 0 Å². The van der Waals surface area contributed by atoms with E-state index in [0.29, 0.717) is 0 Å². The second-order valence-corrected chi connectivity index (χ2v) is 6.42. The van der Waals surface area contributed by atoms with Gasteiger partial charge in [-0.3, -0.25) is 0 Å². The summed E-state index contributed by atoms with van der Waals surface area (Å²) in [5.74, 6) is 0.110. The van der Waals surface area contributed by atoms with E-state index in [2.05, 4.69) is 6.07 Å². The fourth-order valence-corrected chi connectivity index (χ4v) is 3.10. The molecule has 4 nitrogen and oxygen atoms in total. The van der Waals surface area contributed by atoms with Crippen molar-refractivity contribution in [2.24, 2.45) is 5.92 Å². The van der Waals surface area contributed by atoms with Gasteiger partial charge in [0.1, 0.15) is 5.60 Å². The molecule has 3 atom stereocenters. The van der Waals surface area contributed by atoms with Gasteiger partial charge in [0.15, 0.2) is 0 Å². The highest BCUT2D eigenvalue weighted by Gasteiger charge is 2.42. The Labute approximate surface area is 109 Å². The van der Waals surface area contributed by atoms with Gasteiger partial charge in [-0.05, 0) is 52.9 Å². The molecule has 2 fully saturated rings. The second kappa shape index (κ2) is 4.79. The number of hydrogen-bond acceptors (Lipinski definition) is 3. The number of fused-ring (bicyclic) bond motifs is 2. The summed E-state index contributed by atoms with van der Waals surface area (Å²) in [6.45, 7) is 5.67. The van der Waals surface area contributed by atoms with Crippen LogP contribution in [0, 0.1) is 17.2 Å². The van der Waals surface area contributed by atoms with Crippen molar-refractivity contribution < 1.29 is 9.53 Å². The van der Waals surface area contributed by atoms with Crippen LogP contribution >= 0.6 is 0 Å². The molecule has 0 saturated carbocycles. The molecule has 2 bridgehead atoms. The van der Waals surface area contributed by atoms with Crippen LogP contribution in [-0.2, 0) is 4.74 Å². The topological polar surface area (TPSA) is 53.3 Å². The zero-order chi connectivity index (χ0) is 13.3. The Morgan fingerprint density at radius 3 is 2.28 bits per heavy atom. The average molecular weight is 250 g/mol. The van der Waals surface area contributed by atoms with Gasteiger partial charge in [0.2, 0.25) is 0 Å². The van der Waals surface area contributed by atoms with Crippen LogP contribution in [0.2, 0.25) is 0 Å². The molecule has 2 heterocycles. The number of amides is 1. The quantitative estimate of drug-likeness (QED) is 0.664. The Kier molecular flexibility index (Phi) is 3.52. The highest BCUT2D eigenvalue weighted by atomic mass is 16.6. The molecule has 0 aromatic heterocycles. The first-order valence-corrected chi connectivity index (χ1v) is 6.81.